The lowest BCUT2D eigenvalue weighted by molar-refractivity contribution is 0.234. The normalized spacial score (nSPS) is 17.8. The highest BCUT2D eigenvalue weighted by molar-refractivity contribution is 5.23. The molecule has 0 saturated heterocycles. The van der Waals surface area contributed by atoms with Crippen LogP contribution in [0.3, 0.4) is 0 Å². The van der Waals surface area contributed by atoms with Gasteiger partial charge in [-0.2, -0.15) is 0 Å². The third-order valence-electron chi connectivity index (χ3n) is 3.15. The van der Waals surface area contributed by atoms with Gasteiger partial charge < -0.3 is 5.73 Å². The summed E-state index contributed by atoms with van der Waals surface area (Å²) in [6.45, 7) is 0.299. The third-order valence-corrected chi connectivity index (χ3v) is 3.15. The Labute approximate surface area is 94.0 Å². The summed E-state index contributed by atoms with van der Waals surface area (Å²) in [7, 11) is 1.92. The molecule has 0 radical (unpaired) electrons. The first kappa shape index (κ1) is 11.5. The number of halogens is 2. The predicted molar refractivity (Wildman–Crippen MR) is 58.9 cm³/mol. The van der Waals surface area contributed by atoms with Gasteiger partial charge in [-0.15, -0.1) is 0 Å². The Morgan fingerprint density at radius 2 is 2.12 bits per heavy atom. The predicted octanol–water partition coefficient (Wildman–Crippen LogP) is 2.06. The monoisotopic (exact) mass is 226 g/mol. The van der Waals surface area contributed by atoms with Crippen LogP contribution in [0.5, 0.6) is 0 Å². The molecule has 1 aromatic carbocycles. The van der Waals surface area contributed by atoms with E-state index in [1.807, 2.05) is 11.9 Å². The number of hydrogen-bond acceptors (Lipinski definition) is 2. The van der Waals surface area contributed by atoms with Crippen molar-refractivity contribution in [2.75, 3.05) is 13.6 Å². The van der Waals surface area contributed by atoms with Gasteiger partial charge in [-0.1, -0.05) is 0 Å². The molecule has 1 unspecified atom stereocenters. The summed E-state index contributed by atoms with van der Waals surface area (Å²) in [5, 5.41) is 0. The standard InChI is InChI=1S/C12H16F2N2/c1-16(9-3-4-9)12(7-15)10-6-8(13)2-5-11(10)14/h2,5-6,9,12H,3-4,7,15H2,1H3. The molecule has 0 aliphatic heterocycles. The molecule has 0 aromatic heterocycles. The minimum atomic E-state index is -0.418. The molecule has 1 atom stereocenters. The molecule has 2 rings (SSSR count). The Morgan fingerprint density at radius 3 is 2.69 bits per heavy atom. The van der Waals surface area contributed by atoms with Gasteiger partial charge in [0.05, 0.1) is 0 Å². The zero-order valence-corrected chi connectivity index (χ0v) is 9.29. The highest BCUT2D eigenvalue weighted by Crippen LogP contribution is 2.33. The van der Waals surface area contributed by atoms with Crippen LogP contribution in [-0.4, -0.2) is 24.5 Å². The number of nitrogens with two attached hydrogens (primary N) is 1. The van der Waals surface area contributed by atoms with Crippen molar-refractivity contribution in [2.24, 2.45) is 5.73 Å². The molecule has 1 aliphatic rings. The van der Waals surface area contributed by atoms with Crippen LogP contribution in [0.25, 0.3) is 0 Å². The van der Waals surface area contributed by atoms with Gasteiger partial charge in [0.1, 0.15) is 11.6 Å². The Kier molecular flexibility index (Phi) is 3.21. The van der Waals surface area contributed by atoms with Crippen molar-refractivity contribution in [3.63, 3.8) is 0 Å². The van der Waals surface area contributed by atoms with Gasteiger partial charge in [0.15, 0.2) is 0 Å². The summed E-state index contributed by atoms with van der Waals surface area (Å²) in [5.74, 6) is -0.802. The van der Waals surface area contributed by atoms with E-state index in [-0.39, 0.29) is 11.9 Å². The van der Waals surface area contributed by atoms with Gasteiger partial charge in [0.2, 0.25) is 0 Å². The van der Waals surface area contributed by atoms with E-state index in [0.29, 0.717) is 18.2 Å². The average Bonchev–Trinajstić information content (AvgIpc) is 3.07. The molecule has 4 heteroatoms. The van der Waals surface area contributed by atoms with E-state index in [0.717, 1.165) is 25.0 Å². The second kappa shape index (κ2) is 4.47. The van der Waals surface area contributed by atoms with E-state index in [4.69, 9.17) is 5.73 Å². The van der Waals surface area contributed by atoms with Crippen molar-refractivity contribution in [1.82, 2.24) is 4.90 Å². The smallest absolute Gasteiger partial charge is 0.128 e. The third kappa shape index (κ3) is 2.23. The molecule has 0 amide bonds. The SMILES string of the molecule is CN(C1CC1)C(CN)c1cc(F)ccc1F. The molecule has 2 N–H and O–H groups in total. The quantitative estimate of drug-likeness (QED) is 0.851. The molecule has 0 heterocycles. The minimum Gasteiger partial charge on any atom is -0.329 e. The molecule has 88 valence electrons. The summed E-state index contributed by atoms with van der Waals surface area (Å²) in [6, 6.07) is 3.77. The van der Waals surface area contributed by atoms with Gasteiger partial charge in [-0.25, -0.2) is 8.78 Å². The summed E-state index contributed by atoms with van der Waals surface area (Å²) in [4.78, 5) is 2.04. The van der Waals surface area contributed by atoms with Crippen LogP contribution in [-0.2, 0) is 0 Å². The first-order valence-corrected chi connectivity index (χ1v) is 5.50. The summed E-state index contributed by atoms with van der Waals surface area (Å²) in [5.41, 5.74) is 6.02. The Bertz CT molecular complexity index is 377. The van der Waals surface area contributed by atoms with E-state index in [2.05, 4.69) is 0 Å². The zero-order chi connectivity index (χ0) is 11.7. The molecule has 2 nitrogen and oxygen atoms in total. The van der Waals surface area contributed by atoms with Crippen molar-refractivity contribution < 1.29 is 8.78 Å². The lowest BCUT2D eigenvalue weighted by atomic mass is 10.0. The zero-order valence-electron chi connectivity index (χ0n) is 9.29. The fourth-order valence-corrected chi connectivity index (χ4v) is 2.02. The van der Waals surface area contributed by atoms with Gasteiger partial charge >= 0.3 is 0 Å². The molecule has 1 aliphatic carbocycles. The van der Waals surface area contributed by atoms with E-state index in [1.165, 1.54) is 6.07 Å². The molecule has 0 bridgehead atoms. The van der Waals surface area contributed by atoms with Gasteiger partial charge in [0, 0.05) is 24.2 Å². The average molecular weight is 226 g/mol. The van der Waals surface area contributed by atoms with Gasteiger partial charge in [-0.3, -0.25) is 4.90 Å². The van der Waals surface area contributed by atoms with E-state index < -0.39 is 5.82 Å². The van der Waals surface area contributed by atoms with Crippen LogP contribution in [0.2, 0.25) is 0 Å². The summed E-state index contributed by atoms with van der Waals surface area (Å²) < 4.78 is 26.7. The van der Waals surface area contributed by atoms with Crippen molar-refractivity contribution >= 4 is 0 Å². The number of benzene rings is 1. The Morgan fingerprint density at radius 1 is 1.44 bits per heavy atom. The Balaban J connectivity index is 2.27. The second-order valence-corrected chi connectivity index (χ2v) is 4.31. The second-order valence-electron chi connectivity index (χ2n) is 4.31. The van der Waals surface area contributed by atoms with Gasteiger partial charge in [-0.05, 0) is 38.1 Å². The summed E-state index contributed by atoms with van der Waals surface area (Å²) >= 11 is 0. The molecule has 1 saturated carbocycles. The fourth-order valence-electron chi connectivity index (χ4n) is 2.02. The van der Waals surface area contributed by atoms with Crippen LogP contribution in [0, 0.1) is 11.6 Å². The molecular formula is C12H16F2N2. The maximum absolute atomic E-state index is 13.6. The fraction of sp³-hybridized carbons (Fsp3) is 0.500. The maximum atomic E-state index is 13.6. The minimum absolute atomic E-state index is 0.233. The van der Waals surface area contributed by atoms with Crippen molar-refractivity contribution in [1.29, 1.82) is 0 Å². The highest BCUT2D eigenvalue weighted by Gasteiger charge is 2.32. The lowest BCUT2D eigenvalue weighted by Gasteiger charge is -2.27. The molecule has 0 spiro atoms. The van der Waals surface area contributed by atoms with Crippen molar-refractivity contribution in [2.45, 2.75) is 24.9 Å². The van der Waals surface area contributed by atoms with Crippen LogP contribution in [0.15, 0.2) is 18.2 Å². The topological polar surface area (TPSA) is 29.3 Å². The molecule has 16 heavy (non-hydrogen) atoms. The maximum Gasteiger partial charge on any atom is 0.128 e. The molecular weight excluding hydrogens is 210 g/mol. The van der Waals surface area contributed by atoms with Crippen molar-refractivity contribution in [3.05, 3.63) is 35.4 Å². The lowest BCUT2D eigenvalue weighted by Crippen LogP contribution is -2.32. The number of likely N-dealkylation sites (N-methyl/N-ethyl adjacent to an activating group) is 1. The van der Waals surface area contributed by atoms with Crippen LogP contribution in [0.1, 0.15) is 24.4 Å². The van der Waals surface area contributed by atoms with Crippen LogP contribution >= 0.6 is 0 Å². The highest BCUT2D eigenvalue weighted by atomic mass is 19.1. The van der Waals surface area contributed by atoms with E-state index in [1.54, 1.807) is 0 Å². The number of rotatable bonds is 4. The van der Waals surface area contributed by atoms with Crippen molar-refractivity contribution in [3.8, 4) is 0 Å². The summed E-state index contributed by atoms with van der Waals surface area (Å²) in [6.07, 6.45) is 2.23. The van der Waals surface area contributed by atoms with Crippen LogP contribution < -0.4 is 5.73 Å². The first-order chi connectivity index (χ1) is 7.63. The van der Waals surface area contributed by atoms with Gasteiger partial charge in [0.25, 0.3) is 0 Å². The number of nitrogens with zero attached hydrogens (tertiary/aromatic N) is 1. The number of hydrogen-bond donors (Lipinski definition) is 1. The van der Waals surface area contributed by atoms with Crippen LogP contribution in [0.4, 0.5) is 8.78 Å². The molecule has 1 aromatic rings. The van der Waals surface area contributed by atoms with E-state index >= 15 is 0 Å². The first-order valence-electron chi connectivity index (χ1n) is 5.50. The molecule has 1 fully saturated rings. The largest absolute Gasteiger partial charge is 0.329 e. The van der Waals surface area contributed by atoms with E-state index in [9.17, 15) is 8.78 Å². The Hall–Kier alpha value is -1.00.